The van der Waals surface area contributed by atoms with Crippen LogP contribution in [0.1, 0.15) is 23.2 Å². The lowest BCUT2D eigenvalue weighted by Gasteiger charge is -2.09. The Kier molecular flexibility index (Phi) is 1.41. The molecule has 0 atom stereocenters. The molecule has 0 unspecified atom stereocenters. The molecule has 1 aromatic rings. The Hall–Kier alpha value is -1.69. The quantitative estimate of drug-likeness (QED) is 0.596. The molecule has 0 aromatic carbocycles. The fourth-order valence-electron chi connectivity index (χ4n) is 1.54. The van der Waals surface area contributed by atoms with Gasteiger partial charge < -0.3 is 10.7 Å². The van der Waals surface area contributed by atoms with Crippen LogP contribution >= 0.6 is 0 Å². The number of rotatable bonds is 0. The number of nitrogens with two attached hydrogens (primary N) is 1. The molecule has 12 heavy (non-hydrogen) atoms. The summed E-state index contributed by atoms with van der Waals surface area (Å²) in [4.78, 5) is 3.01. The van der Waals surface area contributed by atoms with E-state index in [-0.39, 0.29) is 0 Å². The molecule has 60 valence electrons. The fraction of sp³-hybridized carbons (Fsp3) is 0.222. The Morgan fingerprint density at radius 1 is 1.58 bits per heavy atom. The Morgan fingerprint density at radius 2 is 2.42 bits per heavy atom. The molecule has 0 amide bonds. The van der Waals surface area contributed by atoms with Gasteiger partial charge in [0.15, 0.2) is 0 Å². The lowest BCUT2D eigenvalue weighted by molar-refractivity contribution is 0.967. The summed E-state index contributed by atoms with van der Waals surface area (Å²) in [6.45, 7) is 0. The van der Waals surface area contributed by atoms with Crippen LogP contribution in [0.4, 0.5) is 0 Å². The fourth-order valence-corrected chi connectivity index (χ4v) is 1.54. The van der Waals surface area contributed by atoms with Crippen molar-refractivity contribution < 1.29 is 0 Å². The summed E-state index contributed by atoms with van der Waals surface area (Å²) < 4.78 is 0. The van der Waals surface area contributed by atoms with Crippen molar-refractivity contribution in [2.24, 2.45) is 5.73 Å². The van der Waals surface area contributed by atoms with E-state index in [4.69, 9.17) is 11.0 Å². The molecule has 1 aliphatic carbocycles. The van der Waals surface area contributed by atoms with Crippen LogP contribution in [-0.4, -0.2) is 4.98 Å². The summed E-state index contributed by atoms with van der Waals surface area (Å²) in [7, 11) is 0. The second-order valence-corrected chi connectivity index (χ2v) is 2.87. The van der Waals surface area contributed by atoms with E-state index in [9.17, 15) is 0 Å². The number of nitrogens with zero attached hydrogens (tertiary/aromatic N) is 1. The van der Waals surface area contributed by atoms with Gasteiger partial charge in [-0.2, -0.15) is 5.26 Å². The largest absolute Gasteiger partial charge is 0.397 e. The van der Waals surface area contributed by atoms with Crippen molar-refractivity contribution in [1.82, 2.24) is 4.98 Å². The molecule has 1 aromatic heterocycles. The lowest BCUT2D eigenvalue weighted by Crippen LogP contribution is -2.05. The Morgan fingerprint density at radius 3 is 3.17 bits per heavy atom. The van der Waals surface area contributed by atoms with Crippen molar-refractivity contribution in [3.05, 3.63) is 29.1 Å². The minimum atomic E-state index is 0.723. The number of fused-ring (bicyclic) bond motifs is 1. The molecule has 1 heterocycles. The zero-order chi connectivity index (χ0) is 8.55. The van der Waals surface area contributed by atoms with E-state index in [2.05, 4.69) is 11.1 Å². The van der Waals surface area contributed by atoms with E-state index < -0.39 is 0 Å². The monoisotopic (exact) mass is 159 g/mol. The maximum atomic E-state index is 8.74. The Labute approximate surface area is 70.5 Å². The molecule has 1 aliphatic rings. The van der Waals surface area contributed by atoms with Gasteiger partial charge in [-0.05, 0) is 18.4 Å². The Bertz CT molecular complexity index is 379. The molecular formula is C9H9N3. The van der Waals surface area contributed by atoms with Crippen molar-refractivity contribution in [1.29, 1.82) is 5.26 Å². The highest BCUT2D eigenvalue weighted by atomic mass is 14.8. The predicted octanol–water partition coefficient (Wildman–Crippen LogP) is 1.13. The summed E-state index contributed by atoms with van der Waals surface area (Å²) >= 11 is 0. The van der Waals surface area contributed by atoms with Crippen LogP contribution in [0.15, 0.2) is 12.3 Å². The number of hydrogen-bond donors (Lipinski definition) is 2. The van der Waals surface area contributed by atoms with Crippen LogP contribution in [-0.2, 0) is 6.42 Å². The van der Waals surface area contributed by atoms with Gasteiger partial charge in [-0.25, -0.2) is 0 Å². The first kappa shape index (κ1) is 6.99. The minimum Gasteiger partial charge on any atom is -0.397 e. The van der Waals surface area contributed by atoms with Gasteiger partial charge in [0.25, 0.3) is 0 Å². The second kappa shape index (κ2) is 2.42. The third-order valence-corrected chi connectivity index (χ3v) is 2.16. The van der Waals surface area contributed by atoms with Crippen LogP contribution in [0.2, 0.25) is 0 Å². The zero-order valence-corrected chi connectivity index (χ0v) is 6.59. The number of aromatic nitrogens is 1. The topological polar surface area (TPSA) is 65.6 Å². The molecule has 2 rings (SSSR count). The molecule has 0 radical (unpaired) electrons. The summed E-state index contributed by atoms with van der Waals surface area (Å²) in [6, 6.07) is 2.14. The number of H-pyrrole nitrogens is 1. The van der Waals surface area contributed by atoms with Gasteiger partial charge in [-0.3, -0.25) is 0 Å². The molecule has 0 bridgehead atoms. The molecule has 3 nitrogen and oxygen atoms in total. The van der Waals surface area contributed by atoms with Gasteiger partial charge in [0.1, 0.15) is 6.07 Å². The average molecular weight is 159 g/mol. The maximum Gasteiger partial charge on any atom is 0.101 e. The molecule has 0 aliphatic heterocycles. The summed E-state index contributed by atoms with van der Waals surface area (Å²) in [5, 5.41) is 8.74. The average Bonchev–Trinajstić information content (AvgIpc) is 2.49. The highest BCUT2D eigenvalue weighted by molar-refractivity contribution is 5.67. The van der Waals surface area contributed by atoms with E-state index in [1.54, 1.807) is 6.20 Å². The van der Waals surface area contributed by atoms with Crippen LogP contribution in [0, 0.1) is 11.3 Å². The van der Waals surface area contributed by atoms with Crippen LogP contribution in [0.3, 0.4) is 0 Å². The minimum absolute atomic E-state index is 0.723. The molecule has 3 N–H and O–H groups in total. The van der Waals surface area contributed by atoms with Crippen molar-refractivity contribution in [2.75, 3.05) is 0 Å². The van der Waals surface area contributed by atoms with Gasteiger partial charge in [0.05, 0.1) is 17.0 Å². The van der Waals surface area contributed by atoms with Crippen molar-refractivity contribution >= 4 is 5.70 Å². The normalized spacial score (nSPS) is 14.8. The van der Waals surface area contributed by atoms with Gasteiger partial charge in [0.2, 0.25) is 0 Å². The smallest absolute Gasteiger partial charge is 0.101 e. The third-order valence-electron chi connectivity index (χ3n) is 2.16. The number of allylic oxidation sites excluding steroid dienone is 1. The standard InChI is InChI=1S/C9H9N3/c10-4-6-5-12-9-7(6)2-1-3-8(9)11/h3,5,12H,1-2,11H2. The van der Waals surface area contributed by atoms with Crippen LogP contribution < -0.4 is 5.73 Å². The molecule has 0 fully saturated rings. The number of aromatic amines is 1. The van der Waals surface area contributed by atoms with Crippen LogP contribution in [0.5, 0.6) is 0 Å². The van der Waals surface area contributed by atoms with E-state index in [0.29, 0.717) is 0 Å². The molecule has 0 spiro atoms. The van der Waals surface area contributed by atoms with Gasteiger partial charge >= 0.3 is 0 Å². The van der Waals surface area contributed by atoms with E-state index in [0.717, 1.165) is 35.4 Å². The summed E-state index contributed by atoms with van der Waals surface area (Å²) in [5.41, 5.74) is 9.22. The zero-order valence-electron chi connectivity index (χ0n) is 6.59. The summed E-state index contributed by atoms with van der Waals surface area (Å²) in [6.07, 6.45) is 5.56. The maximum absolute atomic E-state index is 8.74. The van der Waals surface area contributed by atoms with Gasteiger partial charge in [-0.1, -0.05) is 6.08 Å². The SMILES string of the molecule is N#Cc1c[nH]c2c1CCC=C2N. The highest BCUT2D eigenvalue weighted by Gasteiger charge is 2.15. The van der Waals surface area contributed by atoms with E-state index in [1.807, 2.05) is 6.08 Å². The van der Waals surface area contributed by atoms with Gasteiger partial charge in [0, 0.05) is 6.20 Å². The number of hydrogen-bond acceptors (Lipinski definition) is 2. The molecule has 0 saturated heterocycles. The number of nitrogens with one attached hydrogen (secondary N) is 1. The predicted molar refractivity (Wildman–Crippen MR) is 46.0 cm³/mol. The van der Waals surface area contributed by atoms with Gasteiger partial charge in [-0.15, -0.1) is 0 Å². The Balaban J connectivity index is 2.60. The highest BCUT2D eigenvalue weighted by Crippen LogP contribution is 2.24. The molecule has 0 saturated carbocycles. The van der Waals surface area contributed by atoms with E-state index >= 15 is 0 Å². The van der Waals surface area contributed by atoms with Crippen molar-refractivity contribution in [3.63, 3.8) is 0 Å². The third kappa shape index (κ3) is 0.817. The van der Waals surface area contributed by atoms with Crippen molar-refractivity contribution in [3.8, 4) is 6.07 Å². The van der Waals surface area contributed by atoms with Crippen molar-refractivity contribution in [2.45, 2.75) is 12.8 Å². The lowest BCUT2D eigenvalue weighted by atomic mass is 9.99. The second-order valence-electron chi connectivity index (χ2n) is 2.87. The van der Waals surface area contributed by atoms with Crippen LogP contribution in [0.25, 0.3) is 5.70 Å². The summed E-state index contributed by atoms with van der Waals surface area (Å²) in [5.74, 6) is 0. The molecule has 3 heteroatoms. The first-order valence-corrected chi connectivity index (χ1v) is 3.89. The van der Waals surface area contributed by atoms with E-state index in [1.165, 1.54) is 0 Å². The first-order valence-electron chi connectivity index (χ1n) is 3.89. The molecular weight excluding hydrogens is 150 g/mol. The first-order chi connectivity index (χ1) is 5.83. The number of nitriles is 1.